The van der Waals surface area contributed by atoms with Crippen molar-refractivity contribution in [3.8, 4) is 0 Å². The van der Waals surface area contributed by atoms with E-state index in [0.29, 0.717) is 12.2 Å². The second-order valence-electron chi connectivity index (χ2n) is 10.3. The number of ether oxygens (including phenoxy) is 2. The number of benzene rings is 1. The summed E-state index contributed by atoms with van der Waals surface area (Å²) < 4.78 is 15.3. The molecule has 3 rings (SSSR count). The molecule has 206 valence electrons. The molecule has 0 bridgehead atoms. The van der Waals surface area contributed by atoms with Crippen molar-refractivity contribution in [3.05, 3.63) is 52.9 Å². The van der Waals surface area contributed by atoms with Gasteiger partial charge in [-0.15, -0.1) is 0 Å². The van der Waals surface area contributed by atoms with Crippen molar-refractivity contribution in [2.75, 3.05) is 27.4 Å². The van der Waals surface area contributed by atoms with Gasteiger partial charge >= 0.3 is 0 Å². The van der Waals surface area contributed by atoms with E-state index in [1.54, 1.807) is 6.92 Å². The maximum absolute atomic E-state index is 13.4. The number of carbonyl (C=O) groups excluding carboxylic acids is 4. The first-order chi connectivity index (χ1) is 18.1. The van der Waals surface area contributed by atoms with E-state index in [0.717, 1.165) is 24.0 Å². The van der Waals surface area contributed by atoms with Crippen molar-refractivity contribution < 1.29 is 33.2 Å². The quantitative estimate of drug-likeness (QED) is 0.360. The van der Waals surface area contributed by atoms with Gasteiger partial charge in [0.15, 0.2) is 17.3 Å². The maximum Gasteiger partial charge on any atom is 0.274 e. The van der Waals surface area contributed by atoms with E-state index in [2.05, 4.69) is 15.8 Å². The highest BCUT2D eigenvalue weighted by Gasteiger charge is 2.48. The molecule has 10 nitrogen and oxygen atoms in total. The molecule has 2 N–H and O–H groups in total. The fourth-order valence-electron chi connectivity index (χ4n) is 4.21. The summed E-state index contributed by atoms with van der Waals surface area (Å²) in [4.78, 5) is 52.4. The van der Waals surface area contributed by atoms with E-state index in [-0.39, 0.29) is 31.1 Å². The molecule has 0 radical (unpaired) electrons. The Bertz CT molecular complexity index is 1140. The Labute approximate surface area is 222 Å². The molecule has 1 heterocycles. The van der Waals surface area contributed by atoms with Gasteiger partial charge in [0, 0.05) is 32.1 Å². The van der Waals surface area contributed by atoms with Crippen molar-refractivity contribution in [1.29, 1.82) is 0 Å². The Morgan fingerprint density at radius 1 is 1.00 bits per heavy atom. The monoisotopic (exact) mass is 527 g/mol. The SMILES string of the molecule is COC[C@H](CC(=O)[C@H](COC)NC(=O)c1cc(C)on1)C(=O)N[C@@H](Cc1ccc(C)cc1)C(=O)C1(C)CC1. The average molecular weight is 528 g/mol. The topological polar surface area (TPSA) is 137 Å². The summed E-state index contributed by atoms with van der Waals surface area (Å²) in [6, 6.07) is 7.55. The Morgan fingerprint density at radius 3 is 2.21 bits per heavy atom. The van der Waals surface area contributed by atoms with Crippen LogP contribution in [0.4, 0.5) is 0 Å². The lowest BCUT2D eigenvalue weighted by molar-refractivity contribution is -0.135. The molecule has 10 heteroatoms. The first-order valence-electron chi connectivity index (χ1n) is 12.7. The van der Waals surface area contributed by atoms with E-state index < -0.39 is 41.0 Å². The number of hydrogen-bond donors (Lipinski definition) is 2. The van der Waals surface area contributed by atoms with Gasteiger partial charge in [0.2, 0.25) is 5.91 Å². The molecule has 0 saturated heterocycles. The van der Waals surface area contributed by atoms with Crippen LogP contribution in [0.2, 0.25) is 0 Å². The smallest absolute Gasteiger partial charge is 0.274 e. The summed E-state index contributed by atoms with van der Waals surface area (Å²) in [5, 5.41) is 9.16. The van der Waals surface area contributed by atoms with Crippen LogP contribution in [0.25, 0.3) is 0 Å². The number of carbonyl (C=O) groups is 4. The molecular weight excluding hydrogens is 490 g/mol. The second-order valence-corrected chi connectivity index (χ2v) is 10.3. The minimum atomic E-state index is -1.01. The number of hydrogen-bond acceptors (Lipinski definition) is 8. The number of methoxy groups -OCH3 is 2. The van der Waals surface area contributed by atoms with Crippen molar-refractivity contribution in [2.24, 2.45) is 11.3 Å². The Kier molecular flexibility index (Phi) is 9.93. The highest BCUT2D eigenvalue weighted by atomic mass is 16.5. The van der Waals surface area contributed by atoms with Gasteiger partial charge in [-0.3, -0.25) is 19.2 Å². The largest absolute Gasteiger partial charge is 0.384 e. The van der Waals surface area contributed by atoms with Gasteiger partial charge < -0.3 is 24.6 Å². The average Bonchev–Trinajstić information content (AvgIpc) is 3.49. The van der Waals surface area contributed by atoms with Crippen LogP contribution in [0.5, 0.6) is 0 Å². The fourth-order valence-corrected chi connectivity index (χ4v) is 4.21. The number of Topliss-reactive ketones (excluding diaryl/α,β-unsaturated/α-hetero) is 2. The number of ketones is 2. The molecule has 0 aliphatic heterocycles. The molecule has 0 spiro atoms. The van der Waals surface area contributed by atoms with E-state index in [1.165, 1.54) is 20.3 Å². The Morgan fingerprint density at radius 2 is 1.66 bits per heavy atom. The molecule has 1 aliphatic rings. The first kappa shape index (κ1) is 29.2. The molecule has 3 atom stereocenters. The normalized spacial score (nSPS) is 16.2. The van der Waals surface area contributed by atoms with Crippen molar-refractivity contribution >= 4 is 23.4 Å². The molecule has 1 fully saturated rings. The highest BCUT2D eigenvalue weighted by Crippen LogP contribution is 2.46. The van der Waals surface area contributed by atoms with Gasteiger partial charge in [0.05, 0.1) is 25.2 Å². The summed E-state index contributed by atoms with van der Waals surface area (Å²) in [5.41, 5.74) is 1.63. The molecule has 1 aliphatic carbocycles. The number of aromatic nitrogens is 1. The molecular formula is C28H37N3O7. The summed E-state index contributed by atoms with van der Waals surface area (Å²) in [5.74, 6) is -1.87. The second kappa shape index (κ2) is 12.9. The molecule has 0 unspecified atom stereocenters. The van der Waals surface area contributed by atoms with E-state index >= 15 is 0 Å². The molecule has 2 aromatic rings. The number of nitrogens with zero attached hydrogens (tertiary/aromatic N) is 1. The van der Waals surface area contributed by atoms with Crippen LogP contribution in [0, 0.1) is 25.2 Å². The predicted octanol–water partition coefficient (Wildman–Crippen LogP) is 2.35. The highest BCUT2D eigenvalue weighted by molar-refractivity contribution is 5.99. The first-order valence-corrected chi connectivity index (χ1v) is 12.7. The van der Waals surface area contributed by atoms with E-state index in [9.17, 15) is 19.2 Å². The minimum absolute atomic E-state index is 0.0126. The van der Waals surface area contributed by atoms with Crippen LogP contribution in [0.3, 0.4) is 0 Å². The van der Waals surface area contributed by atoms with Gasteiger partial charge in [-0.2, -0.15) is 0 Å². The fraction of sp³-hybridized carbons (Fsp3) is 0.536. The standard InChI is InChI=1S/C28H37N3O7/c1-17-6-8-19(9-7-17)13-21(25(33)28(3)10-11-28)29-26(34)20(15-36-4)14-24(32)23(16-37-5)30-27(35)22-12-18(2)38-31-22/h6-9,12,20-21,23H,10-11,13-16H2,1-5H3,(H,29,34)(H,30,35)/t20-,21-,23-/m0/s1. The maximum atomic E-state index is 13.4. The number of nitrogens with one attached hydrogen (secondary N) is 2. The third-order valence-corrected chi connectivity index (χ3v) is 6.86. The third-order valence-electron chi connectivity index (χ3n) is 6.86. The van der Waals surface area contributed by atoms with E-state index in [4.69, 9.17) is 14.0 Å². The van der Waals surface area contributed by atoms with Crippen molar-refractivity contribution in [1.82, 2.24) is 15.8 Å². The zero-order valence-electron chi connectivity index (χ0n) is 22.7. The molecule has 2 amide bonds. The van der Waals surface area contributed by atoms with Crippen LogP contribution in [-0.4, -0.2) is 68.1 Å². The zero-order valence-corrected chi connectivity index (χ0v) is 22.7. The van der Waals surface area contributed by atoms with Crippen LogP contribution < -0.4 is 10.6 Å². The zero-order chi connectivity index (χ0) is 27.9. The Balaban J connectivity index is 1.71. The minimum Gasteiger partial charge on any atom is -0.384 e. The van der Waals surface area contributed by atoms with Gasteiger partial charge in [0.25, 0.3) is 5.91 Å². The van der Waals surface area contributed by atoms with Gasteiger partial charge in [-0.25, -0.2) is 0 Å². The molecule has 1 saturated carbocycles. The third kappa shape index (κ3) is 7.82. The molecule has 38 heavy (non-hydrogen) atoms. The summed E-state index contributed by atoms with van der Waals surface area (Å²) in [6.07, 6.45) is 1.72. The lowest BCUT2D eigenvalue weighted by Gasteiger charge is -2.25. The molecule has 1 aromatic heterocycles. The summed E-state index contributed by atoms with van der Waals surface area (Å²) in [7, 11) is 2.85. The van der Waals surface area contributed by atoms with Crippen molar-refractivity contribution in [2.45, 2.75) is 58.5 Å². The number of rotatable bonds is 15. The van der Waals surface area contributed by atoms with E-state index in [1.807, 2.05) is 38.1 Å². The summed E-state index contributed by atoms with van der Waals surface area (Å²) >= 11 is 0. The predicted molar refractivity (Wildman–Crippen MR) is 139 cm³/mol. The number of aryl methyl sites for hydroxylation is 2. The van der Waals surface area contributed by atoms with Gasteiger partial charge in [-0.1, -0.05) is 41.9 Å². The van der Waals surface area contributed by atoms with Crippen LogP contribution in [0.1, 0.15) is 53.6 Å². The summed E-state index contributed by atoms with van der Waals surface area (Å²) in [6.45, 7) is 5.42. The Hall–Kier alpha value is -3.37. The lowest BCUT2D eigenvalue weighted by atomic mass is 9.91. The van der Waals surface area contributed by atoms with Crippen LogP contribution >= 0.6 is 0 Å². The van der Waals surface area contributed by atoms with Crippen LogP contribution in [-0.2, 0) is 30.3 Å². The molecule has 1 aromatic carbocycles. The van der Waals surface area contributed by atoms with Crippen molar-refractivity contribution in [3.63, 3.8) is 0 Å². The van der Waals surface area contributed by atoms with Gasteiger partial charge in [-0.05, 0) is 38.7 Å². The van der Waals surface area contributed by atoms with Crippen LogP contribution in [0.15, 0.2) is 34.9 Å². The number of amides is 2. The van der Waals surface area contributed by atoms with Gasteiger partial charge in [0.1, 0.15) is 11.8 Å². The lowest BCUT2D eigenvalue weighted by Crippen LogP contribution is -2.50.